The van der Waals surface area contributed by atoms with E-state index in [1.165, 1.54) is 31.3 Å². The van der Waals surface area contributed by atoms with Crippen molar-refractivity contribution in [1.29, 1.82) is 0 Å². The normalized spacial score (nSPS) is 13.0. The molecule has 0 spiro atoms. The minimum absolute atomic E-state index is 0.0118. The standard InChI is InChI=1S/C12H20N2O5S2/c1-10(2)14(8-9-15)21(18,19)12-6-4-11(5-7-12)20(16,17)13-3/h4-7,10,13,15H,8-9H2,1-3H3. The van der Waals surface area contributed by atoms with Gasteiger partial charge in [-0.1, -0.05) is 0 Å². The summed E-state index contributed by atoms with van der Waals surface area (Å²) < 4.78 is 51.4. The smallest absolute Gasteiger partial charge is 0.243 e. The van der Waals surface area contributed by atoms with Crippen molar-refractivity contribution in [3.63, 3.8) is 0 Å². The van der Waals surface area contributed by atoms with Crippen LogP contribution in [0.3, 0.4) is 0 Å². The lowest BCUT2D eigenvalue weighted by Crippen LogP contribution is -2.38. The average molecular weight is 336 g/mol. The predicted octanol–water partition coefficient (Wildman–Crippen LogP) is -0.0139. The number of aliphatic hydroxyl groups is 1. The van der Waals surface area contributed by atoms with Crippen LogP contribution >= 0.6 is 0 Å². The van der Waals surface area contributed by atoms with E-state index < -0.39 is 20.0 Å². The Bertz CT molecular complexity index is 666. The predicted molar refractivity (Wildman–Crippen MR) is 78.8 cm³/mol. The Balaban J connectivity index is 3.21. The highest BCUT2D eigenvalue weighted by Gasteiger charge is 2.26. The highest BCUT2D eigenvalue weighted by atomic mass is 32.2. The molecular formula is C12H20N2O5S2. The van der Waals surface area contributed by atoms with Gasteiger partial charge in [0.2, 0.25) is 20.0 Å². The minimum Gasteiger partial charge on any atom is -0.395 e. The Hall–Kier alpha value is -1.00. The fraction of sp³-hybridized carbons (Fsp3) is 0.500. The van der Waals surface area contributed by atoms with Crippen LogP contribution < -0.4 is 4.72 Å². The van der Waals surface area contributed by atoms with Gasteiger partial charge in [-0.3, -0.25) is 0 Å². The van der Waals surface area contributed by atoms with E-state index in [1.807, 2.05) is 0 Å². The summed E-state index contributed by atoms with van der Waals surface area (Å²) in [6, 6.07) is 4.63. The van der Waals surface area contributed by atoms with E-state index in [1.54, 1.807) is 13.8 Å². The molecule has 0 saturated carbocycles. The average Bonchev–Trinajstić information content (AvgIpc) is 2.44. The number of benzene rings is 1. The van der Waals surface area contributed by atoms with E-state index in [2.05, 4.69) is 4.72 Å². The fourth-order valence-corrected chi connectivity index (χ4v) is 4.16. The summed E-state index contributed by atoms with van der Waals surface area (Å²) in [6.45, 7) is 3.10. The molecule has 0 radical (unpaired) electrons. The molecule has 0 saturated heterocycles. The maximum absolute atomic E-state index is 12.4. The second-order valence-corrected chi connectivity index (χ2v) is 8.39. The van der Waals surface area contributed by atoms with Crippen molar-refractivity contribution < 1.29 is 21.9 Å². The number of hydrogen-bond donors (Lipinski definition) is 2. The molecule has 1 rings (SSSR count). The number of sulfonamides is 2. The van der Waals surface area contributed by atoms with Gasteiger partial charge in [0, 0.05) is 12.6 Å². The Morgan fingerprint density at radius 3 is 1.95 bits per heavy atom. The second-order valence-electron chi connectivity index (χ2n) is 4.61. The fourth-order valence-electron chi connectivity index (χ4n) is 1.80. The van der Waals surface area contributed by atoms with E-state index in [4.69, 9.17) is 5.11 Å². The summed E-state index contributed by atoms with van der Waals surface area (Å²) in [5.41, 5.74) is 0. The lowest BCUT2D eigenvalue weighted by molar-refractivity contribution is 0.236. The maximum atomic E-state index is 12.4. The third-order valence-corrected chi connectivity index (χ3v) is 6.43. The van der Waals surface area contributed by atoms with Crippen LogP contribution in [0.5, 0.6) is 0 Å². The van der Waals surface area contributed by atoms with Crippen LogP contribution in [-0.4, -0.2) is 52.5 Å². The molecule has 2 N–H and O–H groups in total. The summed E-state index contributed by atoms with van der Waals surface area (Å²) in [5.74, 6) is 0. The third kappa shape index (κ3) is 4.01. The molecule has 0 heterocycles. The summed E-state index contributed by atoms with van der Waals surface area (Å²) in [5, 5.41) is 8.98. The van der Waals surface area contributed by atoms with Gasteiger partial charge in [0.15, 0.2) is 0 Å². The number of nitrogens with one attached hydrogen (secondary N) is 1. The lowest BCUT2D eigenvalue weighted by Gasteiger charge is -2.25. The van der Waals surface area contributed by atoms with Crippen LogP contribution in [0.15, 0.2) is 34.1 Å². The first-order valence-electron chi connectivity index (χ1n) is 6.33. The van der Waals surface area contributed by atoms with Gasteiger partial charge in [0.25, 0.3) is 0 Å². The first-order chi connectivity index (χ1) is 9.66. The van der Waals surface area contributed by atoms with Gasteiger partial charge < -0.3 is 5.11 Å². The number of aliphatic hydroxyl groups excluding tert-OH is 1. The summed E-state index contributed by atoms with van der Waals surface area (Å²) in [6.07, 6.45) is 0. The maximum Gasteiger partial charge on any atom is 0.243 e. The number of nitrogens with zero attached hydrogens (tertiary/aromatic N) is 1. The van der Waals surface area contributed by atoms with Gasteiger partial charge in [-0.2, -0.15) is 4.31 Å². The SMILES string of the molecule is CNS(=O)(=O)c1ccc(S(=O)(=O)N(CCO)C(C)C)cc1. The highest BCUT2D eigenvalue weighted by Crippen LogP contribution is 2.20. The topological polar surface area (TPSA) is 104 Å². The summed E-state index contributed by atoms with van der Waals surface area (Å²) in [7, 11) is -6.10. The quantitative estimate of drug-likeness (QED) is 0.729. The zero-order valence-corrected chi connectivity index (χ0v) is 13.8. The van der Waals surface area contributed by atoms with Crippen LogP contribution in [0, 0.1) is 0 Å². The van der Waals surface area contributed by atoms with Crippen LogP contribution in [0.4, 0.5) is 0 Å². The van der Waals surface area contributed by atoms with Crippen LogP contribution in [0.1, 0.15) is 13.8 Å². The van der Waals surface area contributed by atoms with Gasteiger partial charge in [-0.05, 0) is 45.2 Å². The molecule has 9 heteroatoms. The van der Waals surface area contributed by atoms with E-state index in [0.29, 0.717) is 0 Å². The molecule has 0 atom stereocenters. The van der Waals surface area contributed by atoms with Gasteiger partial charge in [0.1, 0.15) is 0 Å². The van der Waals surface area contributed by atoms with Crippen molar-refractivity contribution in [2.45, 2.75) is 29.7 Å². The number of hydrogen-bond acceptors (Lipinski definition) is 5. The van der Waals surface area contributed by atoms with E-state index >= 15 is 0 Å². The van der Waals surface area contributed by atoms with Crippen molar-refractivity contribution in [2.75, 3.05) is 20.2 Å². The Morgan fingerprint density at radius 2 is 1.57 bits per heavy atom. The largest absolute Gasteiger partial charge is 0.395 e. The molecule has 0 fully saturated rings. The van der Waals surface area contributed by atoms with Crippen molar-refractivity contribution >= 4 is 20.0 Å². The van der Waals surface area contributed by atoms with Crippen LogP contribution in [-0.2, 0) is 20.0 Å². The van der Waals surface area contributed by atoms with Crippen molar-refractivity contribution in [3.05, 3.63) is 24.3 Å². The van der Waals surface area contributed by atoms with E-state index in [0.717, 1.165) is 4.31 Å². The van der Waals surface area contributed by atoms with Gasteiger partial charge in [0.05, 0.1) is 16.4 Å². The van der Waals surface area contributed by atoms with Gasteiger partial charge in [-0.25, -0.2) is 21.6 Å². The third-order valence-electron chi connectivity index (χ3n) is 2.91. The van der Waals surface area contributed by atoms with Crippen LogP contribution in [0.25, 0.3) is 0 Å². The van der Waals surface area contributed by atoms with Crippen molar-refractivity contribution in [1.82, 2.24) is 9.03 Å². The first-order valence-corrected chi connectivity index (χ1v) is 9.25. The zero-order valence-electron chi connectivity index (χ0n) is 12.1. The van der Waals surface area contributed by atoms with E-state index in [9.17, 15) is 16.8 Å². The molecule has 1 aromatic carbocycles. The summed E-state index contributed by atoms with van der Waals surface area (Å²) >= 11 is 0. The molecule has 0 aliphatic heterocycles. The number of rotatable bonds is 7. The lowest BCUT2D eigenvalue weighted by atomic mass is 10.4. The second kappa shape index (κ2) is 6.84. The van der Waals surface area contributed by atoms with E-state index in [-0.39, 0.29) is 29.0 Å². The van der Waals surface area contributed by atoms with Gasteiger partial charge >= 0.3 is 0 Å². The van der Waals surface area contributed by atoms with Crippen LogP contribution in [0.2, 0.25) is 0 Å². The molecule has 120 valence electrons. The van der Waals surface area contributed by atoms with Gasteiger partial charge in [-0.15, -0.1) is 0 Å². The monoisotopic (exact) mass is 336 g/mol. The Kier molecular flexibility index (Phi) is 5.88. The molecule has 0 bridgehead atoms. The Morgan fingerprint density at radius 1 is 1.10 bits per heavy atom. The molecule has 7 nitrogen and oxygen atoms in total. The summed E-state index contributed by atoms with van der Waals surface area (Å²) in [4.78, 5) is -0.0260. The molecule has 0 aliphatic carbocycles. The first kappa shape index (κ1) is 18.1. The zero-order chi connectivity index (χ0) is 16.3. The molecule has 21 heavy (non-hydrogen) atoms. The molecule has 0 aliphatic rings. The van der Waals surface area contributed by atoms with Crippen molar-refractivity contribution in [3.8, 4) is 0 Å². The molecule has 0 unspecified atom stereocenters. The molecule has 1 aromatic rings. The minimum atomic E-state index is -3.77. The molecular weight excluding hydrogens is 316 g/mol. The van der Waals surface area contributed by atoms with Crippen molar-refractivity contribution in [2.24, 2.45) is 0 Å². The molecule has 0 amide bonds. The highest BCUT2D eigenvalue weighted by molar-refractivity contribution is 7.89. The molecule has 0 aromatic heterocycles. The Labute approximate surface area is 125 Å².